The van der Waals surface area contributed by atoms with Gasteiger partial charge in [-0.15, -0.1) is 11.3 Å². The van der Waals surface area contributed by atoms with Gasteiger partial charge in [-0.2, -0.15) is 9.61 Å². The first-order valence-corrected chi connectivity index (χ1v) is 9.54. The summed E-state index contributed by atoms with van der Waals surface area (Å²) >= 11 is 1.60. The van der Waals surface area contributed by atoms with Crippen LogP contribution in [0.15, 0.2) is 78.4 Å². The molecule has 1 N–H and O–H groups in total. The molecule has 0 aliphatic rings. The molecule has 0 bridgehead atoms. The Morgan fingerprint density at radius 3 is 2.50 bits per heavy atom. The molecule has 0 atom stereocenters. The van der Waals surface area contributed by atoms with Crippen molar-refractivity contribution in [2.45, 2.75) is 0 Å². The first kappa shape index (κ1) is 16.6. The van der Waals surface area contributed by atoms with Crippen molar-refractivity contribution in [3.63, 3.8) is 0 Å². The summed E-state index contributed by atoms with van der Waals surface area (Å²) in [6.45, 7) is 0. The van der Waals surface area contributed by atoms with Crippen LogP contribution in [0.3, 0.4) is 0 Å². The molecule has 0 saturated carbocycles. The van der Waals surface area contributed by atoms with E-state index >= 15 is 0 Å². The van der Waals surface area contributed by atoms with E-state index in [9.17, 15) is 9.50 Å². The molecule has 5 rings (SSSR count). The standard InChI is InChI=1S/C22H14FN3OS/c23-17-8-4-7-15(9-17)18-11-24-21-19(12-25-26(21)22(18)27)20-10-16(13-28-20)14-5-2-1-3-6-14/h1-13,27H. The van der Waals surface area contributed by atoms with Crippen LogP contribution in [0.4, 0.5) is 4.39 Å². The summed E-state index contributed by atoms with van der Waals surface area (Å²) in [5, 5.41) is 17.1. The molecule has 3 aromatic heterocycles. The van der Waals surface area contributed by atoms with Gasteiger partial charge in [0.15, 0.2) is 5.65 Å². The summed E-state index contributed by atoms with van der Waals surface area (Å²) in [7, 11) is 0. The highest BCUT2D eigenvalue weighted by atomic mass is 32.1. The fraction of sp³-hybridized carbons (Fsp3) is 0. The lowest BCUT2D eigenvalue weighted by Gasteiger charge is -2.06. The van der Waals surface area contributed by atoms with Crippen molar-refractivity contribution >= 4 is 17.0 Å². The molecule has 0 aliphatic heterocycles. The van der Waals surface area contributed by atoms with Gasteiger partial charge in [0.1, 0.15) is 5.82 Å². The average Bonchev–Trinajstić information content (AvgIpc) is 3.36. The minimum atomic E-state index is -0.370. The van der Waals surface area contributed by atoms with E-state index < -0.39 is 0 Å². The molecule has 0 saturated heterocycles. The van der Waals surface area contributed by atoms with Crippen molar-refractivity contribution in [3.8, 4) is 38.6 Å². The number of benzene rings is 2. The van der Waals surface area contributed by atoms with Gasteiger partial charge in [-0.05, 0) is 40.3 Å². The van der Waals surface area contributed by atoms with E-state index in [1.807, 2.05) is 18.2 Å². The summed E-state index contributed by atoms with van der Waals surface area (Å²) in [5.74, 6) is -0.438. The van der Waals surface area contributed by atoms with Gasteiger partial charge in [0, 0.05) is 11.1 Å². The van der Waals surface area contributed by atoms with Gasteiger partial charge in [0.25, 0.3) is 0 Å². The van der Waals surface area contributed by atoms with E-state index in [1.165, 1.54) is 16.6 Å². The van der Waals surface area contributed by atoms with E-state index in [0.29, 0.717) is 16.8 Å². The van der Waals surface area contributed by atoms with Gasteiger partial charge >= 0.3 is 0 Å². The SMILES string of the molecule is Oc1c(-c2cccc(F)c2)cnc2c(-c3cc(-c4ccccc4)cs3)cnn12. The van der Waals surface area contributed by atoms with Crippen molar-refractivity contribution in [1.29, 1.82) is 0 Å². The predicted octanol–water partition coefficient (Wildman–Crippen LogP) is 5.64. The number of fused-ring (bicyclic) bond motifs is 1. The maximum atomic E-state index is 13.5. The lowest BCUT2D eigenvalue weighted by atomic mass is 10.1. The van der Waals surface area contributed by atoms with Crippen LogP contribution >= 0.6 is 11.3 Å². The molecule has 0 unspecified atom stereocenters. The Morgan fingerprint density at radius 2 is 1.68 bits per heavy atom. The van der Waals surface area contributed by atoms with E-state index in [2.05, 4.69) is 33.7 Å². The Labute approximate surface area is 164 Å². The van der Waals surface area contributed by atoms with Crippen molar-refractivity contribution in [2.24, 2.45) is 0 Å². The third kappa shape index (κ3) is 2.75. The molecular weight excluding hydrogens is 373 g/mol. The highest BCUT2D eigenvalue weighted by Crippen LogP contribution is 2.36. The van der Waals surface area contributed by atoms with Crippen LogP contribution in [0.1, 0.15) is 0 Å². The van der Waals surface area contributed by atoms with Crippen molar-refractivity contribution < 1.29 is 9.50 Å². The Hall–Kier alpha value is -3.51. The molecule has 0 aliphatic carbocycles. The zero-order valence-corrected chi connectivity index (χ0v) is 15.4. The Kier molecular flexibility index (Phi) is 3.91. The smallest absolute Gasteiger partial charge is 0.223 e. The maximum absolute atomic E-state index is 13.5. The van der Waals surface area contributed by atoms with Crippen LogP contribution < -0.4 is 0 Å². The molecule has 28 heavy (non-hydrogen) atoms. The van der Waals surface area contributed by atoms with Gasteiger partial charge in [-0.3, -0.25) is 0 Å². The van der Waals surface area contributed by atoms with E-state index in [4.69, 9.17) is 0 Å². The summed E-state index contributed by atoms with van der Waals surface area (Å²) < 4.78 is 14.9. The third-order valence-electron chi connectivity index (χ3n) is 4.61. The second kappa shape index (κ2) is 6.58. The number of thiophene rings is 1. The molecule has 0 fully saturated rings. The molecule has 0 amide bonds. The van der Waals surface area contributed by atoms with Gasteiger partial charge in [0.05, 0.1) is 17.3 Å². The van der Waals surface area contributed by atoms with Crippen LogP contribution in [-0.2, 0) is 0 Å². The maximum Gasteiger partial charge on any atom is 0.223 e. The summed E-state index contributed by atoms with van der Waals surface area (Å²) in [4.78, 5) is 5.50. The molecule has 5 aromatic rings. The summed E-state index contributed by atoms with van der Waals surface area (Å²) in [5.41, 5.74) is 4.64. The fourth-order valence-corrected chi connectivity index (χ4v) is 4.14. The number of hydrogen-bond donors (Lipinski definition) is 1. The highest BCUT2D eigenvalue weighted by molar-refractivity contribution is 7.14. The first-order valence-electron chi connectivity index (χ1n) is 8.67. The van der Waals surface area contributed by atoms with Gasteiger partial charge in [-0.25, -0.2) is 9.37 Å². The van der Waals surface area contributed by atoms with Gasteiger partial charge in [-0.1, -0.05) is 42.5 Å². The van der Waals surface area contributed by atoms with Crippen LogP contribution in [-0.4, -0.2) is 19.7 Å². The highest BCUT2D eigenvalue weighted by Gasteiger charge is 2.16. The lowest BCUT2D eigenvalue weighted by molar-refractivity contribution is 0.437. The van der Waals surface area contributed by atoms with Crippen molar-refractivity contribution in [3.05, 3.63) is 84.3 Å². The first-order chi connectivity index (χ1) is 13.7. The third-order valence-corrected chi connectivity index (χ3v) is 5.57. The molecule has 2 aromatic carbocycles. The summed E-state index contributed by atoms with van der Waals surface area (Å²) in [6.07, 6.45) is 3.24. The monoisotopic (exact) mass is 387 g/mol. The zero-order chi connectivity index (χ0) is 19.1. The lowest BCUT2D eigenvalue weighted by Crippen LogP contribution is -1.94. The molecule has 136 valence electrons. The van der Waals surface area contributed by atoms with E-state index in [-0.39, 0.29) is 11.7 Å². The molecule has 0 radical (unpaired) electrons. The van der Waals surface area contributed by atoms with Gasteiger partial charge in [0.2, 0.25) is 5.88 Å². The number of hydrogen-bond acceptors (Lipinski definition) is 4. The molecule has 3 heterocycles. The number of nitrogens with zero attached hydrogens (tertiary/aromatic N) is 3. The van der Waals surface area contributed by atoms with Gasteiger partial charge < -0.3 is 5.11 Å². The zero-order valence-electron chi connectivity index (χ0n) is 14.6. The van der Waals surface area contributed by atoms with E-state index in [1.54, 1.807) is 35.9 Å². The second-order valence-corrected chi connectivity index (χ2v) is 7.28. The minimum absolute atomic E-state index is 0.0679. The van der Waals surface area contributed by atoms with Crippen LogP contribution in [0.25, 0.3) is 38.3 Å². The molecule has 6 heteroatoms. The second-order valence-electron chi connectivity index (χ2n) is 6.37. The van der Waals surface area contributed by atoms with Crippen molar-refractivity contribution in [1.82, 2.24) is 14.6 Å². The largest absolute Gasteiger partial charge is 0.493 e. The minimum Gasteiger partial charge on any atom is -0.493 e. The Morgan fingerprint density at radius 1 is 0.857 bits per heavy atom. The molecule has 4 nitrogen and oxygen atoms in total. The summed E-state index contributed by atoms with van der Waals surface area (Å²) in [6, 6.07) is 18.3. The fourth-order valence-electron chi connectivity index (χ4n) is 3.21. The number of rotatable bonds is 3. The normalized spacial score (nSPS) is 11.2. The van der Waals surface area contributed by atoms with Crippen LogP contribution in [0.5, 0.6) is 5.88 Å². The number of aromatic nitrogens is 3. The molecule has 0 spiro atoms. The quantitative estimate of drug-likeness (QED) is 0.436. The average molecular weight is 387 g/mol. The topological polar surface area (TPSA) is 50.4 Å². The van der Waals surface area contributed by atoms with Crippen LogP contribution in [0.2, 0.25) is 0 Å². The Bertz CT molecular complexity index is 1290. The van der Waals surface area contributed by atoms with E-state index in [0.717, 1.165) is 21.6 Å². The predicted molar refractivity (Wildman–Crippen MR) is 109 cm³/mol. The van der Waals surface area contributed by atoms with Crippen LogP contribution in [0, 0.1) is 5.82 Å². The number of aromatic hydroxyl groups is 1. The Balaban J connectivity index is 1.59. The number of halogens is 1. The molecular formula is C22H14FN3OS. The van der Waals surface area contributed by atoms with Crippen molar-refractivity contribution in [2.75, 3.05) is 0 Å².